The molecule has 3 unspecified atom stereocenters. The predicted molar refractivity (Wildman–Crippen MR) is 69.9 cm³/mol. The first-order valence-electron chi connectivity index (χ1n) is 7.67. The molecule has 3 aliphatic rings. The van der Waals surface area contributed by atoms with Gasteiger partial charge in [-0.2, -0.15) is 0 Å². The van der Waals surface area contributed by atoms with Crippen molar-refractivity contribution in [3.05, 3.63) is 5.82 Å². The molecule has 0 aromatic carbocycles. The summed E-state index contributed by atoms with van der Waals surface area (Å²) >= 11 is 0. The van der Waals surface area contributed by atoms with Gasteiger partial charge in [-0.25, -0.2) is 4.68 Å². The lowest BCUT2D eigenvalue weighted by molar-refractivity contribution is -0.156. The molecule has 3 fully saturated rings. The maximum absolute atomic E-state index is 11.5. The van der Waals surface area contributed by atoms with Crippen molar-refractivity contribution < 1.29 is 9.90 Å². The lowest BCUT2D eigenvalue weighted by Crippen LogP contribution is -2.42. The summed E-state index contributed by atoms with van der Waals surface area (Å²) in [4.78, 5) is 11.5. The zero-order valence-corrected chi connectivity index (χ0v) is 11.5. The van der Waals surface area contributed by atoms with Crippen molar-refractivity contribution in [1.29, 1.82) is 0 Å². The molecule has 20 heavy (non-hydrogen) atoms. The van der Waals surface area contributed by atoms with Crippen molar-refractivity contribution in [2.75, 3.05) is 0 Å². The van der Waals surface area contributed by atoms with Crippen LogP contribution in [0.2, 0.25) is 0 Å². The van der Waals surface area contributed by atoms with E-state index in [1.807, 2.05) is 0 Å². The molecule has 1 N–H and O–H groups in total. The molecule has 1 heterocycles. The number of aromatic nitrogens is 4. The van der Waals surface area contributed by atoms with E-state index in [4.69, 9.17) is 0 Å². The van der Waals surface area contributed by atoms with E-state index in [1.165, 1.54) is 25.7 Å². The van der Waals surface area contributed by atoms with Gasteiger partial charge in [0.25, 0.3) is 0 Å². The highest BCUT2D eigenvalue weighted by atomic mass is 16.4. The molecule has 6 nitrogen and oxygen atoms in total. The topological polar surface area (TPSA) is 80.9 Å². The number of aliphatic carboxylic acids is 1. The first-order valence-corrected chi connectivity index (χ1v) is 7.67. The molecule has 6 heteroatoms. The van der Waals surface area contributed by atoms with Gasteiger partial charge in [-0.05, 0) is 54.4 Å². The normalized spacial score (nSPS) is 34.1. The fourth-order valence-corrected chi connectivity index (χ4v) is 4.48. The minimum Gasteiger partial charge on any atom is -0.481 e. The summed E-state index contributed by atoms with van der Waals surface area (Å²) in [5.74, 6) is 2.25. The lowest BCUT2D eigenvalue weighted by atomic mass is 9.68. The Kier molecular flexibility index (Phi) is 2.62. The van der Waals surface area contributed by atoms with Crippen LogP contribution in [-0.2, 0) is 11.3 Å². The number of nitrogens with zero attached hydrogens (tertiary/aromatic N) is 4. The first-order chi connectivity index (χ1) is 9.68. The molecule has 3 saturated carbocycles. The van der Waals surface area contributed by atoms with Crippen LogP contribution < -0.4 is 0 Å². The van der Waals surface area contributed by atoms with Crippen molar-refractivity contribution in [2.45, 2.75) is 57.4 Å². The first kappa shape index (κ1) is 12.3. The number of carboxylic acids is 1. The van der Waals surface area contributed by atoms with Crippen molar-refractivity contribution in [3.8, 4) is 0 Å². The van der Waals surface area contributed by atoms with E-state index >= 15 is 0 Å². The summed E-state index contributed by atoms with van der Waals surface area (Å²) in [5.41, 5.74) is -0.623. The Labute approximate surface area is 117 Å². The average Bonchev–Trinajstić information content (AvgIpc) is 3.08. The minimum atomic E-state index is -0.696. The smallest absolute Gasteiger partial charge is 0.311 e. The van der Waals surface area contributed by atoms with E-state index < -0.39 is 11.4 Å². The molecule has 2 bridgehead atoms. The second-order valence-electron chi connectivity index (χ2n) is 6.92. The van der Waals surface area contributed by atoms with E-state index in [0.717, 1.165) is 31.0 Å². The Morgan fingerprint density at radius 3 is 2.75 bits per heavy atom. The summed E-state index contributed by atoms with van der Waals surface area (Å²) in [7, 11) is 0. The third-order valence-electron chi connectivity index (χ3n) is 5.85. The van der Waals surface area contributed by atoms with Gasteiger partial charge in [0.05, 0.1) is 12.0 Å². The predicted octanol–water partition coefficient (Wildman–Crippen LogP) is 1.83. The van der Waals surface area contributed by atoms with E-state index in [2.05, 4.69) is 15.5 Å². The van der Waals surface area contributed by atoms with Crippen molar-refractivity contribution in [3.63, 3.8) is 0 Å². The average molecular weight is 276 g/mol. The van der Waals surface area contributed by atoms with Gasteiger partial charge in [0, 0.05) is 5.92 Å². The number of hydrogen-bond acceptors (Lipinski definition) is 4. The van der Waals surface area contributed by atoms with Crippen LogP contribution in [0.15, 0.2) is 0 Å². The number of carboxylic acid groups (broad SMARTS) is 1. The molecule has 3 atom stereocenters. The fraction of sp³-hybridized carbons (Fsp3) is 0.857. The summed E-state index contributed by atoms with van der Waals surface area (Å²) in [5, 5.41) is 21.6. The van der Waals surface area contributed by atoms with E-state index in [-0.39, 0.29) is 0 Å². The quantitative estimate of drug-likeness (QED) is 0.907. The van der Waals surface area contributed by atoms with Gasteiger partial charge in [0.1, 0.15) is 0 Å². The number of carbonyl (C=O) groups is 1. The molecular formula is C14H20N4O2. The van der Waals surface area contributed by atoms with E-state index in [1.54, 1.807) is 4.68 Å². The highest BCUT2D eigenvalue weighted by molar-refractivity contribution is 5.75. The van der Waals surface area contributed by atoms with Gasteiger partial charge in [0.15, 0.2) is 5.82 Å². The molecule has 3 aliphatic carbocycles. The van der Waals surface area contributed by atoms with Crippen LogP contribution in [0.4, 0.5) is 0 Å². The van der Waals surface area contributed by atoms with Gasteiger partial charge in [0.2, 0.25) is 0 Å². The lowest BCUT2D eigenvalue weighted by Gasteiger charge is -2.37. The highest BCUT2D eigenvalue weighted by Crippen LogP contribution is 2.52. The molecule has 108 valence electrons. The number of hydrogen-bond donors (Lipinski definition) is 1. The molecule has 0 saturated heterocycles. The molecule has 1 aromatic rings. The van der Waals surface area contributed by atoms with Crippen molar-refractivity contribution in [2.24, 2.45) is 17.3 Å². The van der Waals surface area contributed by atoms with Gasteiger partial charge >= 0.3 is 5.97 Å². The maximum Gasteiger partial charge on any atom is 0.311 e. The Balaban J connectivity index is 1.58. The molecule has 1 aromatic heterocycles. The van der Waals surface area contributed by atoms with Crippen LogP contribution >= 0.6 is 0 Å². The van der Waals surface area contributed by atoms with Crippen LogP contribution in [0.1, 0.15) is 56.7 Å². The minimum absolute atomic E-state index is 0.443. The molecule has 4 rings (SSSR count). The molecule has 0 aliphatic heterocycles. The molecule has 0 radical (unpaired) electrons. The van der Waals surface area contributed by atoms with Crippen LogP contribution in [0, 0.1) is 17.3 Å². The summed E-state index contributed by atoms with van der Waals surface area (Å²) in [6, 6.07) is 0. The third kappa shape index (κ3) is 1.70. The van der Waals surface area contributed by atoms with Crippen molar-refractivity contribution >= 4 is 5.97 Å². The van der Waals surface area contributed by atoms with Crippen LogP contribution in [0.25, 0.3) is 0 Å². The van der Waals surface area contributed by atoms with Crippen LogP contribution in [0.5, 0.6) is 0 Å². The maximum atomic E-state index is 11.5. The summed E-state index contributed by atoms with van der Waals surface area (Å²) in [6.45, 7) is 0.443. The molecule has 0 spiro atoms. The number of fused-ring (bicyclic) bond motifs is 2. The Hall–Kier alpha value is -1.46. The van der Waals surface area contributed by atoms with Gasteiger partial charge in [-0.3, -0.25) is 4.79 Å². The van der Waals surface area contributed by atoms with E-state index in [9.17, 15) is 9.90 Å². The Morgan fingerprint density at radius 1 is 1.35 bits per heavy atom. The monoisotopic (exact) mass is 276 g/mol. The van der Waals surface area contributed by atoms with Crippen LogP contribution in [0.3, 0.4) is 0 Å². The number of tetrazole rings is 1. The third-order valence-corrected chi connectivity index (χ3v) is 5.85. The highest BCUT2D eigenvalue weighted by Gasteiger charge is 2.47. The van der Waals surface area contributed by atoms with Gasteiger partial charge < -0.3 is 5.11 Å². The standard InChI is InChI=1S/C14H20N4O2/c19-13(20)14(4-1-5-14)8-18-12(15-16-17-18)11-7-9-2-3-10(11)6-9/h9-11H,1-8H2,(H,19,20). The Morgan fingerprint density at radius 2 is 2.20 bits per heavy atom. The zero-order valence-electron chi connectivity index (χ0n) is 11.5. The van der Waals surface area contributed by atoms with Crippen LogP contribution in [-0.4, -0.2) is 31.3 Å². The SMILES string of the molecule is O=C(O)C1(Cn2nnnc2C2CC3CCC2C3)CCC1. The largest absolute Gasteiger partial charge is 0.481 e. The molecular weight excluding hydrogens is 256 g/mol. The number of rotatable bonds is 4. The van der Waals surface area contributed by atoms with Gasteiger partial charge in [-0.1, -0.05) is 12.8 Å². The second-order valence-corrected chi connectivity index (χ2v) is 6.92. The van der Waals surface area contributed by atoms with E-state index in [0.29, 0.717) is 18.4 Å². The molecule has 0 amide bonds. The zero-order chi connectivity index (χ0) is 13.7. The van der Waals surface area contributed by atoms with Gasteiger partial charge in [-0.15, -0.1) is 5.10 Å². The fourth-order valence-electron chi connectivity index (χ4n) is 4.48. The summed E-state index contributed by atoms with van der Waals surface area (Å²) in [6.07, 6.45) is 7.62. The second kappa shape index (κ2) is 4.27. The summed E-state index contributed by atoms with van der Waals surface area (Å²) < 4.78 is 1.79. The van der Waals surface area contributed by atoms with Crippen molar-refractivity contribution in [1.82, 2.24) is 20.2 Å². The Bertz CT molecular complexity index is 537.